The van der Waals surface area contributed by atoms with Crippen LogP contribution in [0, 0.1) is 5.92 Å². The van der Waals surface area contributed by atoms with E-state index in [9.17, 15) is 0 Å². The van der Waals surface area contributed by atoms with Crippen molar-refractivity contribution >= 4 is 16.9 Å². The minimum atomic E-state index is 0. The summed E-state index contributed by atoms with van der Waals surface area (Å²) in [5.74, 6) is 1.71. The Morgan fingerprint density at radius 3 is 2.96 bits per heavy atom. The van der Waals surface area contributed by atoms with Gasteiger partial charge in [-0.2, -0.15) is 5.10 Å². The van der Waals surface area contributed by atoms with Gasteiger partial charge in [0.2, 0.25) is 0 Å². The van der Waals surface area contributed by atoms with Crippen LogP contribution in [-0.4, -0.2) is 45.3 Å². The largest absolute Gasteiger partial charge is 0.353 e. The SMILES string of the molecule is CC(C)C[C@H]1CN(c2cccc(-c3[nH]nc4ncccc34)n2)C[C@H](C)N1.[HH]. The summed E-state index contributed by atoms with van der Waals surface area (Å²) in [6, 6.07) is 11.1. The van der Waals surface area contributed by atoms with E-state index >= 15 is 0 Å². The molecule has 2 N–H and O–H groups in total. The van der Waals surface area contributed by atoms with Crippen molar-refractivity contribution in [1.82, 2.24) is 25.5 Å². The molecule has 1 saturated heterocycles. The van der Waals surface area contributed by atoms with Gasteiger partial charge in [0.15, 0.2) is 5.65 Å². The molecule has 3 aromatic rings. The number of hydrogen-bond acceptors (Lipinski definition) is 5. The van der Waals surface area contributed by atoms with Crippen molar-refractivity contribution in [3.63, 3.8) is 0 Å². The number of nitrogens with one attached hydrogen (secondary N) is 2. The zero-order valence-corrected chi connectivity index (χ0v) is 15.6. The molecule has 4 rings (SSSR count). The predicted octanol–water partition coefficient (Wildman–Crippen LogP) is 3.48. The smallest absolute Gasteiger partial charge is 0.181 e. The molecule has 1 aliphatic heterocycles. The van der Waals surface area contributed by atoms with Crippen LogP contribution < -0.4 is 10.2 Å². The summed E-state index contributed by atoms with van der Waals surface area (Å²) < 4.78 is 0. The molecule has 0 radical (unpaired) electrons. The fraction of sp³-hybridized carbons (Fsp3) is 0.450. The predicted molar refractivity (Wildman–Crippen MR) is 107 cm³/mol. The average Bonchev–Trinajstić information content (AvgIpc) is 3.05. The fourth-order valence-electron chi connectivity index (χ4n) is 3.86. The van der Waals surface area contributed by atoms with Gasteiger partial charge in [0, 0.05) is 38.2 Å². The zero-order chi connectivity index (χ0) is 18.1. The van der Waals surface area contributed by atoms with E-state index in [1.54, 1.807) is 6.20 Å². The third-order valence-electron chi connectivity index (χ3n) is 4.86. The van der Waals surface area contributed by atoms with Gasteiger partial charge in [-0.05, 0) is 43.5 Å². The molecule has 4 heterocycles. The standard InChI is InChI=1S/C20H26N6.H2/c1-13(2)10-15-12-26(11-14(3)22-15)18-8-4-7-17(23-18)19-16-6-5-9-21-20(16)25-24-19;/h4-9,13-15,22H,10-12H2,1-3H3,(H,21,24,25);1H/t14-,15-;/m0./s1. The second kappa shape index (κ2) is 7.03. The van der Waals surface area contributed by atoms with Gasteiger partial charge in [-0.3, -0.25) is 5.10 Å². The van der Waals surface area contributed by atoms with E-state index in [0.29, 0.717) is 18.0 Å². The Kier molecular flexibility index (Phi) is 4.59. The van der Waals surface area contributed by atoms with Gasteiger partial charge in [-0.1, -0.05) is 19.9 Å². The first-order chi connectivity index (χ1) is 12.6. The molecular formula is C20H28N6. The first kappa shape index (κ1) is 17.0. The van der Waals surface area contributed by atoms with Gasteiger partial charge in [0.05, 0.1) is 11.4 Å². The molecule has 6 nitrogen and oxygen atoms in total. The normalized spacial score (nSPS) is 20.8. The lowest BCUT2D eigenvalue weighted by Crippen LogP contribution is -2.56. The summed E-state index contributed by atoms with van der Waals surface area (Å²) in [5.41, 5.74) is 2.56. The Morgan fingerprint density at radius 2 is 2.12 bits per heavy atom. The van der Waals surface area contributed by atoms with Gasteiger partial charge in [0.1, 0.15) is 5.82 Å². The van der Waals surface area contributed by atoms with Crippen molar-refractivity contribution < 1.29 is 1.43 Å². The van der Waals surface area contributed by atoms with E-state index in [1.807, 2.05) is 18.2 Å². The van der Waals surface area contributed by atoms with Crippen LogP contribution in [0.2, 0.25) is 0 Å². The van der Waals surface area contributed by atoms with Crippen molar-refractivity contribution in [3.8, 4) is 11.4 Å². The maximum absolute atomic E-state index is 4.94. The number of aromatic nitrogens is 4. The summed E-state index contributed by atoms with van der Waals surface area (Å²) in [4.78, 5) is 11.6. The monoisotopic (exact) mass is 352 g/mol. The summed E-state index contributed by atoms with van der Waals surface area (Å²) in [6.45, 7) is 8.76. The number of aromatic amines is 1. The van der Waals surface area contributed by atoms with Crippen LogP contribution in [0.15, 0.2) is 36.5 Å². The number of nitrogens with zero attached hydrogens (tertiary/aromatic N) is 4. The van der Waals surface area contributed by atoms with Crippen LogP contribution in [0.5, 0.6) is 0 Å². The molecule has 1 aliphatic rings. The lowest BCUT2D eigenvalue weighted by Gasteiger charge is -2.39. The van der Waals surface area contributed by atoms with E-state index in [4.69, 9.17) is 4.98 Å². The first-order valence-corrected chi connectivity index (χ1v) is 9.37. The van der Waals surface area contributed by atoms with Crippen LogP contribution in [0.1, 0.15) is 28.6 Å². The summed E-state index contributed by atoms with van der Waals surface area (Å²) in [6.07, 6.45) is 2.94. The highest BCUT2D eigenvalue weighted by molar-refractivity contribution is 5.89. The van der Waals surface area contributed by atoms with E-state index in [1.165, 1.54) is 6.42 Å². The van der Waals surface area contributed by atoms with Crippen molar-refractivity contribution in [2.45, 2.75) is 39.3 Å². The molecule has 0 bridgehead atoms. The molecule has 3 aromatic heterocycles. The number of pyridine rings is 2. The number of hydrogen-bond donors (Lipinski definition) is 2. The maximum Gasteiger partial charge on any atom is 0.181 e. The highest BCUT2D eigenvalue weighted by atomic mass is 15.3. The molecule has 0 aromatic carbocycles. The van der Waals surface area contributed by atoms with Crippen molar-refractivity contribution in [3.05, 3.63) is 36.5 Å². The molecule has 0 amide bonds. The Morgan fingerprint density at radius 1 is 1.23 bits per heavy atom. The fourth-order valence-corrected chi connectivity index (χ4v) is 3.86. The van der Waals surface area contributed by atoms with Crippen LogP contribution in [0.4, 0.5) is 5.82 Å². The molecule has 26 heavy (non-hydrogen) atoms. The van der Waals surface area contributed by atoms with Crippen molar-refractivity contribution in [2.24, 2.45) is 5.92 Å². The number of anilines is 1. The minimum Gasteiger partial charge on any atom is -0.353 e. The Hall–Kier alpha value is -2.47. The van der Waals surface area contributed by atoms with Crippen LogP contribution in [0.25, 0.3) is 22.4 Å². The third-order valence-corrected chi connectivity index (χ3v) is 4.86. The molecule has 0 unspecified atom stereocenters. The van der Waals surface area contributed by atoms with E-state index in [-0.39, 0.29) is 1.43 Å². The van der Waals surface area contributed by atoms with Gasteiger partial charge in [-0.15, -0.1) is 0 Å². The Balaban J connectivity index is 0.00000210. The highest BCUT2D eigenvalue weighted by Crippen LogP contribution is 2.26. The highest BCUT2D eigenvalue weighted by Gasteiger charge is 2.25. The molecule has 0 saturated carbocycles. The van der Waals surface area contributed by atoms with Crippen molar-refractivity contribution in [2.75, 3.05) is 18.0 Å². The lowest BCUT2D eigenvalue weighted by atomic mass is 10.00. The average molecular weight is 352 g/mol. The lowest BCUT2D eigenvalue weighted by molar-refractivity contribution is 0.340. The molecule has 2 atom stereocenters. The van der Waals surface area contributed by atoms with Gasteiger partial charge in [0.25, 0.3) is 0 Å². The van der Waals surface area contributed by atoms with E-state index in [0.717, 1.165) is 41.3 Å². The third kappa shape index (κ3) is 3.42. The van der Waals surface area contributed by atoms with Gasteiger partial charge >= 0.3 is 0 Å². The van der Waals surface area contributed by atoms with E-state index < -0.39 is 0 Å². The van der Waals surface area contributed by atoms with Crippen LogP contribution >= 0.6 is 0 Å². The first-order valence-electron chi connectivity index (χ1n) is 9.37. The molecule has 138 valence electrons. The number of piperazine rings is 1. The summed E-state index contributed by atoms with van der Waals surface area (Å²) in [5, 5.41) is 12.1. The quantitative estimate of drug-likeness (QED) is 0.752. The van der Waals surface area contributed by atoms with Gasteiger partial charge in [-0.25, -0.2) is 9.97 Å². The second-order valence-corrected chi connectivity index (χ2v) is 7.65. The number of fused-ring (bicyclic) bond motifs is 1. The maximum atomic E-state index is 4.94. The molecule has 6 heteroatoms. The summed E-state index contributed by atoms with van der Waals surface area (Å²) >= 11 is 0. The van der Waals surface area contributed by atoms with Crippen LogP contribution in [-0.2, 0) is 0 Å². The van der Waals surface area contributed by atoms with E-state index in [2.05, 4.69) is 58.3 Å². The van der Waals surface area contributed by atoms with Crippen molar-refractivity contribution in [1.29, 1.82) is 0 Å². The topological polar surface area (TPSA) is 69.7 Å². The molecule has 1 fully saturated rings. The Labute approximate surface area is 155 Å². The second-order valence-electron chi connectivity index (χ2n) is 7.65. The summed E-state index contributed by atoms with van der Waals surface area (Å²) in [7, 11) is 0. The molecule has 0 aliphatic carbocycles. The van der Waals surface area contributed by atoms with Gasteiger partial charge < -0.3 is 10.2 Å². The number of H-pyrrole nitrogens is 1. The Bertz CT molecular complexity index is 891. The number of rotatable bonds is 4. The minimum absolute atomic E-state index is 0. The van der Waals surface area contributed by atoms with Crippen LogP contribution in [0.3, 0.4) is 0 Å². The zero-order valence-electron chi connectivity index (χ0n) is 15.6. The molecule has 0 spiro atoms. The molecular weight excluding hydrogens is 324 g/mol.